The van der Waals surface area contributed by atoms with Gasteiger partial charge in [0.25, 0.3) is 0 Å². The number of hydrogen-bond donors (Lipinski definition) is 1. The van der Waals surface area contributed by atoms with Crippen LogP contribution in [0.25, 0.3) is 0 Å². The predicted octanol–water partition coefficient (Wildman–Crippen LogP) is 3.90. The van der Waals surface area contributed by atoms with Crippen LogP contribution in [0.2, 0.25) is 10.0 Å². The number of likely N-dealkylation sites (tertiary alicyclic amines) is 1. The van der Waals surface area contributed by atoms with Crippen molar-refractivity contribution in [3.8, 4) is 0 Å². The first kappa shape index (κ1) is 14.1. The van der Waals surface area contributed by atoms with E-state index in [-0.39, 0.29) is 0 Å². The Bertz CT molecular complexity index is 391. The Kier molecular flexibility index (Phi) is 5.31. The molecule has 0 bridgehead atoms. The highest BCUT2D eigenvalue weighted by Gasteiger charge is 2.16. The first-order valence-corrected chi connectivity index (χ1v) is 7.28. The number of halogens is 2. The molecule has 1 aromatic rings. The minimum Gasteiger partial charge on any atom is -0.388 e. The summed E-state index contributed by atoms with van der Waals surface area (Å²) in [6.07, 6.45) is 4.06. The molecule has 0 radical (unpaired) electrons. The Labute approximate surface area is 119 Å². The summed E-state index contributed by atoms with van der Waals surface area (Å²) >= 11 is 12.1. The first-order chi connectivity index (χ1) is 8.68. The molecule has 2 rings (SSSR count). The first-order valence-electron chi connectivity index (χ1n) is 6.53. The highest BCUT2D eigenvalue weighted by Crippen LogP contribution is 2.31. The molecule has 0 amide bonds. The van der Waals surface area contributed by atoms with E-state index in [1.165, 1.54) is 19.3 Å². The zero-order chi connectivity index (χ0) is 13.0. The molecule has 1 heterocycles. The van der Waals surface area contributed by atoms with Crippen molar-refractivity contribution in [1.82, 2.24) is 4.90 Å². The Morgan fingerprint density at radius 3 is 2.61 bits per heavy atom. The van der Waals surface area contributed by atoms with Gasteiger partial charge in [-0.05, 0) is 38.4 Å². The van der Waals surface area contributed by atoms with Crippen LogP contribution in [-0.4, -0.2) is 29.6 Å². The standard InChI is InChI=1S/C14H19Cl2NO/c15-12-6-4-5-11(14(12)16)13(18)7-10-17-8-2-1-3-9-17/h4-6,13,18H,1-3,7-10H2. The lowest BCUT2D eigenvalue weighted by molar-refractivity contribution is 0.134. The molecule has 1 aliphatic rings. The topological polar surface area (TPSA) is 23.5 Å². The lowest BCUT2D eigenvalue weighted by Gasteiger charge is -2.27. The Balaban J connectivity index is 1.90. The van der Waals surface area contributed by atoms with E-state index in [9.17, 15) is 5.11 Å². The van der Waals surface area contributed by atoms with Gasteiger partial charge in [-0.15, -0.1) is 0 Å². The van der Waals surface area contributed by atoms with E-state index in [4.69, 9.17) is 23.2 Å². The maximum Gasteiger partial charge on any atom is 0.0817 e. The SMILES string of the molecule is OC(CCN1CCCCC1)c1cccc(Cl)c1Cl. The van der Waals surface area contributed by atoms with Crippen LogP contribution in [0, 0.1) is 0 Å². The normalized spacial score (nSPS) is 18.8. The zero-order valence-electron chi connectivity index (χ0n) is 10.4. The fourth-order valence-electron chi connectivity index (χ4n) is 2.42. The average molecular weight is 288 g/mol. The third kappa shape index (κ3) is 3.61. The molecule has 1 aliphatic heterocycles. The van der Waals surface area contributed by atoms with Crippen molar-refractivity contribution in [3.63, 3.8) is 0 Å². The van der Waals surface area contributed by atoms with Gasteiger partial charge < -0.3 is 10.0 Å². The highest BCUT2D eigenvalue weighted by atomic mass is 35.5. The molecular formula is C14H19Cl2NO. The van der Waals surface area contributed by atoms with Crippen molar-refractivity contribution in [2.45, 2.75) is 31.8 Å². The van der Waals surface area contributed by atoms with Crippen molar-refractivity contribution in [1.29, 1.82) is 0 Å². The molecular weight excluding hydrogens is 269 g/mol. The number of hydrogen-bond acceptors (Lipinski definition) is 2. The summed E-state index contributed by atoms with van der Waals surface area (Å²) in [6, 6.07) is 5.41. The molecule has 0 aliphatic carbocycles. The summed E-state index contributed by atoms with van der Waals surface area (Å²) in [5, 5.41) is 11.2. The number of aliphatic hydroxyl groups excluding tert-OH is 1. The van der Waals surface area contributed by atoms with Crippen molar-refractivity contribution in [2.24, 2.45) is 0 Å². The summed E-state index contributed by atoms with van der Waals surface area (Å²) in [4.78, 5) is 2.41. The fourth-order valence-corrected chi connectivity index (χ4v) is 2.85. The van der Waals surface area contributed by atoms with Gasteiger partial charge in [-0.1, -0.05) is 41.8 Å². The second-order valence-corrected chi connectivity index (χ2v) is 5.63. The number of nitrogens with zero attached hydrogens (tertiary/aromatic N) is 1. The van der Waals surface area contributed by atoms with Crippen LogP contribution in [-0.2, 0) is 0 Å². The molecule has 1 fully saturated rings. The summed E-state index contributed by atoms with van der Waals surface area (Å²) < 4.78 is 0. The molecule has 0 saturated carbocycles. The van der Waals surface area contributed by atoms with Crippen LogP contribution in [0.1, 0.15) is 37.4 Å². The number of piperidine rings is 1. The minimum atomic E-state index is -0.530. The highest BCUT2D eigenvalue weighted by molar-refractivity contribution is 6.42. The molecule has 0 spiro atoms. The van der Waals surface area contributed by atoms with Crippen molar-refractivity contribution in [2.75, 3.05) is 19.6 Å². The Hall–Kier alpha value is -0.280. The van der Waals surface area contributed by atoms with E-state index in [0.29, 0.717) is 16.5 Å². The van der Waals surface area contributed by atoms with Crippen molar-refractivity contribution < 1.29 is 5.11 Å². The van der Waals surface area contributed by atoms with E-state index in [0.717, 1.165) is 25.2 Å². The van der Waals surface area contributed by atoms with Gasteiger partial charge >= 0.3 is 0 Å². The van der Waals surface area contributed by atoms with Crippen LogP contribution < -0.4 is 0 Å². The van der Waals surface area contributed by atoms with E-state index in [2.05, 4.69) is 4.90 Å². The fraction of sp³-hybridized carbons (Fsp3) is 0.571. The summed E-state index contributed by atoms with van der Waals surface area (Å²) in [5.41, 5.74) is 0.737. The van der Waals surface area contributed by atoms with Gasteiger partial charge in [0.2, 0.25) is 0 Å². The lowest BCUT2D eigenvalue weighted by atomic mass is 10.1. The number of benzene rings is 1. The molecule has 1 N–H and O–H groups in total. The molecule has 1 aromatic carbocycles. The summed E-state index contributed by atoms with van der Waals surface area (Å²) in [7, 11) is 0. The van der Waals surface area contributed by atoms with Crippen LogP contribution in [0.4, 0.5) is 0 Å². The van der Waals surface area contributed by atoms with Gasteiger partial charge in [0.1, 0.15) is 0 Å². The maximum absolute atomic E-state index is 10.2. The molecule has 4 heteroatoms. The minimum absolute atomic E-state index is 0.477. The van der Waals surface area contributed by atoms with E-state index >= 15 is 0 Å². The lowest BCUT2D eigenvalue weighted by Crippen LogP contribution is -2.31. The molecule has 0 aromatic heterocycles. The van der Waals surface area contributed by atoms with Crippen LogP contribution >= 0.6 is 23.2 Å². The van der Waals surface area contributed by atoms with Crippen LogP contribution in [0.5, 0.6) is 0 Å². The summed E-state index contributed by atoms with van der Waals surface area (Å²) in [6.45, 7) is 3.22. The largest absolute Gasteiger partial charge is 0.388 e. The predicted molar refractivity (Wildman–Crippen MR) is 76.3 cm³/mol. The molecule has 18 heavy (non-hydrogen) atoms. The second kappa shape index (κ2) is 6.76. The molecule has 1 atom stereocenters. The van der Waals surface area contributed by atoms with E-state index in [1.807, 2.05) is 12.1 Å². The smallest absolute Gasteiger partial charge is 0.0817 e. The number of aliphatic hydroxyl groups is 1. The van der Waals surface area contributed by atoms with E-state index in [1.54, 1.807) is 6.07 Å². The van der Waals surface area contributed by atoms with Gasteiger partial charge in [-0.3, -0.25) is 0 Å². The zero-order valence-corrected chi connectivity index (χ0v) is 11.9. The average Bonchev–Trinajstić information content (AvgIpc) is 2.40. The van der Waals surface area contributed by atoms with Gasteiger partial charge in [0.15, 0.2) is 0 Å². The third-order valence-electron chi connectivity index (χ3n) is 3.51. The maximum atomic E-state index is 10.2. The molecule has 1 saturated heterocycles. The van der Waals surface area contributed by atoms with Crippen LogP contribution in [0.3, 0.4) is 0 Å². The van der Waals surface area contributed by atoms with Crippen molar-refractivity contribution >= 4 is 23.2 Å². The van der Waals surface area contributed by atoms with Crippen molar-refractivity contribution in [3.05, 3.63) is 33.8 Å². The third-order valence-corrected chi connectivity index (χ3v) is 4.34. The number of rotatable bonds is 4. The monoisotopic (exact) mass is 287 g/mol. The van der Waals surface area contributed by atoms with Gasteiger partial charge in [0, 0.05) is 12.1 Å². The Morgan fingerprint density at radius 1 is 1.17 bits per heavy atom. The molecule has 2 nitrogen and oxygen atoms in total. The Morgan fingerprint density at radius 2 is 1.89 bits per heavy atom. The molecule has 100 valence electrons. The van der Waals surface area contributed by atoms with Gasteiger partial charge in [-0.2, -0.15) is 0 Å². The second-order valence-electron chi connectivity index (χ2n) is 4.85. The van der Waals surface area contributed by atoms with Crippen LogP contribution in [0.15, 0.2) is 18.2 Å². The summed E-state index contributed by atoms with van der Waals surface area (Å²) in [5.74, 6) is 0. The van der Waals surface area contributed by atoms with Gasteiger partial charge in [-0.25, -0.2) is 0 Å². The van der Waals surface area contributed by atoms with E-state index < -0.39 is 6.10 Å². The van der Waals surface area contributed by atoms with Gasteiger partial charge in [0.05, 0.1) is 16.1 Å². The molecule has 1 unspecified atom stereocenters. The quantitative estimate of drug-likeness (QED) is 0.908.